The minimum Gasteiger partial charge on any atom is -0.495 e. The van der Waals surface area contributed by atoms with Crippen molar-refractivity contribution in [1.82, 2.24) is 9.62 Å². The van der Waals surface area contributed by atoms with Crippen molar-refractivity contribution in [2.45, 2.75) is 24.8 Å². The van der Waals surface area contributed by atoms with E-state index in [2.05, 4.69) is 5.32 Å². The minimum atomic E-state index is -4.02. The lowest BCUT2D eigenvalue weighted by Crippen LogP contribution is -2.40. The van der Waals surface area contributed by atoms with Crippen LogP contribution in [0.1, 0.15) is 18.9 Å². The summed E-state index contributed by atoms with van der Waals surface area (Å²) < 4.78 is 32.9. The monoisotopic (exact) mass is 410 g/mol. The molecule has 0 spiro atoms. The number of hydrogen-bond acceptors (Lipinski definition) is 4. The van der Waals surface area contributed by atoms with Crippen LogP contribution in [0, 0.1) is 0 Å². The fourth-order valence-electron chi connectivity index (χ4n) is 2.48. The summed E-state index contributed by atoms with van der Waals surface area (Å²) in [6.07, 6.45) is 0.763. The van der Waals surface area contributed by atoms with Gasteiger partial charge < -0.3 is 10.1 Å². The van der Waals surface area contributed by atoms with Crippen LogP contribution in [-0.2, 0) is 21.4 Å². The highest BCUT2D eigenvalue weighted by Crippen LogP contribution is 2.30. The van der Waals surface area contributed by atoms with E-state index in [0.29, 0.717) is 6.54 Å². The molecule has 2 aromatic rings. The van der Waals surface area contributed by atoms with Crippen LogP contribution in [0.3, 0.4) is 0 Å². The fraction of sp³-hybridized carbons (Fsp3) is 0.316. The molecule has 1 amide bonds. The number of halogens is 1. The van der Waals surface area contributed by atoms with E-state index in [1.807, 2.05) is 37.3 Å². The van der Waals surface area contributed by atoms with E-state index in [1.54, 1.807) is 6.07 Å². The Labute approximate surface area is 165 Å². The molecule has 0 radical (unpaired) electrons. The number of carbonyl (C=O) groups excluding carboxylic acids is 1. The third-order valence-electron chi connectivity index (χ3n) is 3.84. The molecule has 0 fully saturated rings. The first-order chi connectivity index (χ1) is 12.9. The molecule has 0 unspecified atom stereocenters. The topological polar surface area (TPSA) is 75.7 Å². The van der Waals surface area contributed by atoms with Crippen molar-refractivity contribution in [1.29, 1.82) is 0 Å². The molecule has 2 aromatic carbocycles. The predicted octanol–water partition coefficient (Wildman–Crippen LogP) is 3.07. The Morgan fingerprint density at radius 3 is 2.52 bits per heavy atom. The van der Waals surface area contributed by atoms with Crippen molar-refractivity contribution in [2.75, 3.05) is 20.2 Å². The summed E-state index contributed by atoms with van der Waals surface area (Å²) in [5.74, 6) is -0.191. The lowest BCUT2D eigenvalue weighted by atomic mass is 10.2. The molecule has 6 nitrogen and oxygen atoms in total. The molecule has 0 aliphatic rings. The van der Waals surface area contributed by atoms with E-state index in [4.69, 9.17) is 16.3 Å². The summed E-state index contributed by atoms with van der Waals surface area (Å²) in [4.78, 5) is 12.2. The maximum Gasteiger partial charge on any atom is 0.247 e. The van der Waals surface area contributed by atoms with Gasteiger partial charge in [-0.1, -0.05) is 48.9 Å². The normalized spacial score (nSPS) is 11.4. The summed E-state index contributed by atoms with van der Waals surface area (Å²) in [5.41, 5.74) is 0.769. The number of amides is 1. The Balaban J connectivity index is 2.41. The Morgan fingerprint density at radius 1 is 1.19 bits per heavy atom. The number of ether oxygens (including phenoxy) is 1. The van der Waals surface area contributed by atoms with Crippen molar-refractivity contribution in [3.8, 4) is 5.75 Å². The van der Waals surface area contributed by atoms with Crippen molar-refractivity contribution < 1.29 is 17.9 Å². The molecule has 0 heterocycles. The van der Waals surface area contributed by atoms with Crippen molar-refractivity contribution in [3.63, 3.8) is 0 Å². The highest BCUT2D eigenvalue weighted by atomic mass is 35.5. The van der Waals surface area contributed by atoms with Crippen LogP contribution in [-0.4, -0.2) is 38.8 Å². The smallest absolute Gasteiger partial charge is 0.247 e. The number of methoxy groups -OCH3 is 1. The Bertz CT molecular complexity index is 873. The van der Waals surface area contributed by atoms with Gasteiger partial charge in [0, 0.05) is 18.1 Å². The van der Waals surface area contributed by atoms with E-state index in [9.17, 15) is 13.2 Å². The summed E-state index contributed by atoms with van der Waals surface area (Å²) in [6.45, 7) is 2.17. The van der Waals surface area contributed by atoms with Gasteiger partial charge in [-0.3, -0.25) is 4.79 Å². The molecule has 2 rings (SSSR count). The van der Waals surface area contributed by atoms with Gasteiger partial charge in [-0.2, -0.15) is 4.31 Å². The average molecular weight is 411 g/mol. The summed E-state index contributed by atoms with van der Waals surface area (Å²) in [7, 11) is -2.63. The fourth-order valence-corrected chi connectivity index (χ4v) is 4.29. The van der Waals surface area contributed by atoms with E-state index in [0.717, 1.165) is 16.3 Å². The number of benzene rings is 2. The Hall–Kier alpha value is -2.09. The van der Waals surface area contributed by atoms with E-state index in [1.165, 1.54) is 19.2 Å². The summed E-state index contributed by atoms with van der Waals surface area (Å²) in [5, 5.41) is 2.98. The zero-order valence-corrected chi connectivity index (χ0v) is 16.9. The van der Waals surface area contributed by atoms with Crippen LogP contribution in [0.5, 0.6) is 5.75 Å². The van der Waals surface area contributed by atoms with Crippen LogP contribution >= 0.6 is 11.6 Å². The first-order valence-electron chi connectivity index (χ1n) is 8.52. The number of nitrogens with zero attached hydrogens (tertiary/aromatic N) is 1. The van der Waals surface area contributed by atoms with Gasteiger partial charge in [0.15, 0.2) is 0 Å². The van der Waals surface area contributed by atoms with Gasteiger partial charge in [-0.25, -0.2) is 8.42 Å². The van der Waals surface area contributed by atoms with Crippen LogP contribution in [0.4, 0.5) is 0 Å². The lowest BCUT2D eigenvalue weighted by Gasteiger charge is -2.23. The molecular weight excluding hydrogens is 388 g/mol. The second kappa shape index (κ2) is 9.73. The number of rotatable bonds is 9. The molecule has 8 heteroatoms. The van der Waals surface area contributed by atoms with E-state index >= 15 is 0 Å². The van der Waals surface area contributed by atoms with Gasteiger partial charge >= 0.3 is 0 Å². The second-order valence-electron chi connectivity index (χ2n) is 5.90. The standard InChI is InChI=1S/C19H23ClN2O4S/c1-3-11-21-19(23)14-22(13-15-7-5-4-6-8-15)27(24,25)18-12-16(20)9-10-17(18)26-2/h4-10,12H,3,11,13-14H2,1-2H3,(H,21,23). The second-order valence-corrected chi connectivity index (χ2v) is 8.25. The van der Waals surface area contributed by atoms with Crippen molar-refractivity contribution >= 4 is 27.5 Å². The molecule has 0 bridgehead atoms. The highest BCUT2D eigenvalue weighted by Gasteiger charge is 2.30. The van der Waals surface area contributed by atoms with Gasteiger partial charge in [0.2, 0.25) is 15.9 Å². The molecule has 0 saturated heterocycles. The molecular formula is C19H23ClN2O4S. The molecule has 0 aliphatic heterocycles. The molecule has 146 valence electrons. The first kappa shape index (κ1) is 21.2. The van der Waals surface area contributed by atoms with Crippen molar-refractivity contribution in [2.24, 2.45) is 0 Å². The largest absolute Gasteiger partial charge is 0.495 e. The molecule has 0 atom stereocenters. The lowest BCUT2D eigenvalue weighted by molar-refractivity contribution is -0.121. The zero-order valence-electron chi connectivity index (χ0n) is 15.3. The van der Waals surface area contributed by atoms with Gasteiger partial charge in [0.25, 0.3) is 0 Å². The number of hydrogen-bond donors (Lipinski definition) is 1. The quantitative estimate of drug-likeness (QED) is 0.689. The number of nitrogens with one attached hydrogen (secondary N) is 1. The summed E-state index contributed by atoms with van der Waals surface area (Å²) in [6, 6.07) is 13.5. The Morgan fingerprint density at radius 2 is 1.89 bits per heavy atom. The van der Waals surface area contributed by atoms with Gasteiger partial charge in [0.05, 0.1) is 13.7 Å². The van der Waals surface area contributed by atoms with E-state index in [-0.39, 0.29) is 34.7 Å². The molecule has 0 saturated carbocycles. The Kier molecular flexibility index (Phi) is 7.65. The van der Waals surface area contributed by atoms with Crippen molar-refractivity contribution in [3.05, 3.63) is 59.1 Å². The maximum atomic E-state index is 13.3. The van der Waals surface area contributed by atoms with Crippen LogP contribution < -0.4 is 10.1 Å². The van der Waals surface area contributed by atoms with Gasteiger partial charge in [-0.15, -0.1) is 0 Å². The SMILES string of the molecule is CCCNC(=O)CN(Cc1ccccc1)S(=O)(=O)c1cc(Cl)ccc1OC. The molecule has 0 aromatic heterocycles. The van der Waals surface area contributed by atoms with Gasteiger partial charge in [0.1, 0.15) is 10.6 Å². The van der Waals surface area contributed by atoms with E-state index < -0.39 is 10.0 Å². The molecule has 1 N–H and O–H groups in total. The predicted molar refractivity (Wildman–Crippen MR) is 105 cm³/mol. The van der Waals surface area contributed by atoms with Gasteiger partial charge in [-0.05, 0) is 30.2 Å². The minimum absolute atomic E-state index is 0.0540. The third kappa shape index (κ3) is 5.69. The zero-order chi connectivity index (χ0) is 19.9. The summed E-state index contributed by atoms with van der Waals surface area (Å²) >= 11 is 6.00. The maximum absolute atomic E-state index is 13.3. The molecule has 27 heavy (non-hydrogen) atoms. The first-order valence-corrected chi connectivity index (χ1v) is 10.3. The number of sulfonamides is 1. The van der Waals surface area contributed by atoms with Crippen LogP contribution in [0.2, 0.25) is 5.02 Å². The van der Waals surface area contributed by atoms with Crippen LogP contribution in [0.25, 0.3) is 0 Å². The molecule has 0 aliphatic carbocycles. The van der Waals surface area contributed by atoms with Crippen LogP contribution in [0.15, 0.2) is 53.4 Å². The average Bonchev–Trinajstić information content (AvgIpc) is 2.66. The highest BCUT2D eigenvalue weighted by molar-refractivity contribution is 7.89. The third-order valence-corrected chi connectivity index (χ3v) is 5.89. The number of carbonyl (C=O) groups is 1.